The maximum absolute atomic E-state index is 13.5. The third-order valence-electron chi connectivity index (χ3n) is 5.39. The van der Waals surface area contributed by atoms with E-state index in [-0.39, 0.29) is 23.7 Å². The molecule has 156 valence electrons. The van der Waals surface area contributed by atoms with Gasteiger partial charge in [0.25, 0.3) is 0 Å². The summed E-state index contributed by atoms with van der Waals surface area (Å²) in [4.78, 5) is 19.3. The molecule has 1 aliphatic rings. The van der Waals surface area contributed by atoms with Gasteiger partial charge in [0, 0.05) is 12.1 Å². The van der Waals surface area contributed by atoms with Crippen molar-refractivity contribution in [1.29, 1.82) is 0 Å². The van der Waals surface area contributed by atoms with Gasteiger partial charge in [-0.25, -0.2) is 4.39 Å². The highest BCUT2D eigenvalue weighted by Gasteiger charge is 2.31. The number of rotatable bonds is 5. The monoisotopic (exact) mass is 428 g/mol. The summed E-state index contributed by atoms with van der Waals surface area (Å²) in [5.74, 6) is 0.434. The van der Waals surface area contributed by atoms with Gasteiger partial charge in [0.2, 0.25) is 17.6 Å². The fourth-order valence-corrected chi connectivity index (χ4v) is 3.85. The van der Waals surface area contributed by atoms with Crippen LogP contribution in [-0.2, 0) is 4.79 Å². The Balaban J connectivity index is 1.43. The molecule has 3 aromatic rings. The molecule has 6 nitrogen and oxygen atoms in total. The average molecular weight is 429 g/mol. The first kappa shape index (κ1) is 20.5. The van der Waals surface area contributed by atoms with Crippen LogP contribution in [0, 0.1) is 5.82 Å². The molecule has 1 fully saturated rings. The highest BCUT2D eigenvalue weighted by Crippen LogP contribution is 2.29. The van der Waals surface area contributed by atoms with E-state index in [9.17, 15) is 9.18 Å². The standard InChI is InChI=1S/C22H22ClFN4O2/c1-14(21(29)25-19-10-3-2-9-18(19)23)28-11-5-7-16(13-28)22-26-20(27-30-22)15-6-4-8-17(24)12-15/h2-4,6,8-10,12,14,16H,5,7,11,13H2,1H3,(H,25,29). The van der Waals surface area contributed by atoms with Gasteiger partial charge in [-0.1, -0.05) is 41.0 Å². The molecule has 8 heteroatoms. The number of nitrogens with one attached hydrogen (secondary N) is 1. The third-order valence-corrected chi connectivity index (χ3v) is 5.72. The van der Waals surface area contributed by atoms with Crippen LogP contribution in [0.5, 0.6) is 0 Å². The maximum atomic E-state index is 13.5. The zero-order valence-electron chi connectivity index (χ0n) is 16.5. The summed E-state index contributed by atoms with van der Waals surface area (Å²) in [5, 5.41) is 7.41. The van der Waals surface area contributed by atoms with Crippen molar-refractivity contribution in [3.05, 3.63) is 65.3 Å². The average Bonchev–Trinajstić information content (AvgIpc) is 3.25. The molecule has 2 atom stereocenters. The van der Waals surface area contributed by atoms with Gasteiger partial charge < -0.3 is 9.84 Å². The summed E-state index contributed by atoms with van der Waals surface area (Å²) in [5.41, 5.74) is 1.17. The highest BCUT2D eigenvalue weighted by molar-refractivity contribution is 6.33. The first-order valence-electron chi connectivity index (χ1n) is 9.90. The molecule has 1 aromatic heterocycles. The second-order valence-electron chi connectivity index (χ2n) is 7.45. The first-order valence-corrected chi connectivity index (χ1v) is 10.3. The Morgan fingerprint density at radius 3 is 2.93 bits per heavy atom. The number of amides is 1. The molecule has 0 spiro atoms. The topological polar surface area (TPSA) is 71.3 Å². The van der Waals surface area contributed by atoms with Crippen molar-refractivity contribution in [3.8, 4) is 11.4 Å². The minimum absolute atomic E-state index is 0.0177. The van der Waals surface area contributed by atoms with E-state index in [0.29, 0.717) is 34.5 Å². The van der Waals surface area contributed by atoms with Crippen LogP contribution in [0.1, 0.15) is 31.6 Å². The van der Waals surface area contributed by atoms with E-state index in [1.165, 1.54) is 12.1 Å². The van der Waals surface area contributed by atoms with Crippen molar-refractivity contribution in [1.82, 2.24) is 15.0 Å². The fourth-order valence-electron chi connectivity index (χ4n) is 3.67. The molecule has 0 radical (unpaired) electrons. The highest BCUT2D eigenvalue weighted by atomic mass is 35.5. The Bertz CT molecular complexity index is 1040. The molecule has 4 rings (SSSR count). The number of carbonyl (C=O) groups excluding carboxylic acids is 1. The number of likely N-dealkylation sites (tertiary alicyclic amines) is 1. The lowest BCUT2D eigenvalue weighted by Crippen LogP contribution is -2.46. The number of nitrogens with zero attached hydrogens (tertiary/aromatic N) is 3. The second kappa shape index (κ2) is 8.93. The van der Waals surface area contributed by atoms with Gasteiger partial charge in [-0.05, 0) is 50.6 Å². The van der Waals surface area contributed by atoms with Gasteiger partial charge in [-0.2, -0.15) is 4.98 Å². The van der Waals surface area contributed by atoms with Crippen molar-refractivity contribution in [2.45, 2.75) is 31.7 Å². The molecule has 1 amide bonds. The molecule has 2 aromatic carbocycles. The number of carbonyl (C=O) groups is 1. The van der Waals surface area contributed by atoms with E-state index in [0.717, 1.165) is 19.4 Å². The van der Waals surface area contributed by atoms with Gasteiger partial charge in [0.1, 0.15) is 5.82 Å². The molecular weight excluding hydrogens is 407 g/mol. The van der Waals surface area contributed by atoms with Crippen LogP contribution in [0.15, 0.2) is 53.1 Å². The molecule has 0 saturated carbocycles. The zero-order chi connectivity index (χ0) is 21.1. The molecule has 1 aliphatic heterocycles. The molecule has 0 bridgehead atoms. The van der Waals surface area contributed by atoms with Gasteiger partial charge in [-0.3, -0.25) is 9.69 Å². The molecule has 2 heterocycles. The summed E-state index contributed by atoms with van der Waals surface area (Å²) >= 11 is 6.15. The fraction of sp³-hybridized carbons (Fsp3) is 0.318. The predicted octanol–water partition coefficient (Wildman–Crippen LogP) is 4.74. The van der Waals surface area contributed by atoms with Crippen molar-refractivity contribution in [2.24, 2.45) is 0 Å². The number of halogens is 2. The van der Waals surface area contributed by atoms with Crippen molar-refractivity contribution >= 4 is 23.2 Å². The van der Waals surface area contributed by atoms with E-state index in [1.807, 2.05) is 19.1 Å². The smallest absolute Gasteiger partial charge is 0.241 e. The summed E-state index contributed by atoms with van der Waals surface area (Å²) < 4.78 is 18.9. The van der Waals surface area contributed by atoms with Crippen LogP contribution < -0.4 is 5.32 Å². The van der Waals surface area contributed by atoms with Gasteiger partial charge >= 0.3 is 0 Å². The largest absolute Gasteiger partial charge is 0.339 e. The minimum Gasteiger partial charge on any atom is -0.339 e. The number of aromatic nitrogens is 2. The third kappa shape index (κ3) is 4.52. The van der Waals surface area contributed by atoms with Crippen LogP contribution in [0.4, 0.5) is 10.1 Å². The summed E-state index contributed by atoms with van der Waals surface area (Å²) in [6, 6.07) is 12.9. The van der Waals surface area contributed by atoms with E-state index >= 15 is 0 Å². The van der Waals surface area contributed by atoms with Crippen LogP contribution in [0.3, 0.4) is 0 Å². The predicted molar refractivity (Wildman–Crippen MR) is 113 cm³/mol. The number of para-hydroxylation sites is 1. The van der Waals surface area contributed by atoms with Crippen LogP contribution in [-0.4, -0.2) is 40.1 Å². The van der Waals surface area contributed by atoms with E-state index in [1.54, 1.807) is 24.3 Å². The number of hydrogen-bond donors (Lipinski definition) is 1. The van der Waals surface area contributed by atoms with Crippen molar-refractivity contribution in [2.75, 3.05) is 18.4 Å². The van der Waals surface area contributed by atoms with Crippen LogP contribution >= 0.6 is 11.6 Å². The van der Waals surface area contributed by atoms with Gasteiger partial charge in [-0.15, -0.1) is 0 Å². The molecule has 1 saturated heterocycles. The molecule has 1 N–H and O–H groups in total. The van der Waals surface area contributed by atoms with Gasteiger partial charge in [0.15, 0.2) is 0 Å². The summed E-state index contributed by atoms with van der Waals surface area (Å²) in [6.07, 6.45) is 1.80. The normalized spacial score (nSPS) is 18.2. The number of hydrogen-bond acceptors (Lipinski definition) is 5. The van der Waals surface area contributed by atoms with E-state index < -0.39 is 0 Å². The zero-order valence-corrected chi connectivity index (χ0v) is 17.3. The minimum atomic E-state index is -0.346. The summed E-state index contributed by atoms with van der Waals surface area (Å²) in [6.45, 7) is 3.31. The van der Waals surface area contributed by atoms with Crippen molar-refractivity contribution in [3.63, 3.8) is 0 Å². The van der Waals surface area contributed by atoms with Crippen molar-refractivity contribution < 1.29 is 13.7 Å². The Morgan fingerprint density at radius 1 is 1.30 bits per heavy atom. The first-order chi connectivity index (χ1) is 14.5. The lowest BCUT2D eigenvalue weighted by molar-refractivity contribution is -0.121. The van der Waals surface area contributed by atoms with Crippen LogP contribution in [0.2, 0.25) is 5.02 Å². The Morgan fingerprint density at radius 2 is 2.13 bits per heavy atom. The lowest BCUT2D eigenvalue weighted by Gasteiger charge is -2.34. The SMILES string of the molecule is CC(C(=O)Nc1ccccc1Cl)N1CCCC(c2nc(-c3cccc(F)c3)no2)C1. The maximum Gasteiger partial charge on any atom is 0.241 e. The molecule has 30 heavy (non-hydrogen) atoms. The number of benzene rings is 2. The summed E-state index contributed by atoms with van der Waals surface area (Å²) in [7, 11) is 0. The number of anilines is 1. The quantitative estimate of drug-likeness (QED) is 0.635. The molecule has 2 unspecified atom stereocenters. The number of piperidine rings is 1. The molecule has 0 aliphatic carbocycles. The van der Waals surface area contributed by atoms with E-state index in [4.69, 9.17) is 16.1 Å². The van der Waals surface area contributed by atoms with Crippen LogP contribution in [0.25, 0.3) is 11.4 Å². The second-order valence-corrected chi connectivity index (χ2v) is 7.85. The lowest BCUT2D eigenvalue weighted by atomic mass is 9.96. The van der Waals surface area contributed by atoms with E-state index in [2.05, 4.69) is 20.4 Å². The Kier molecular flexibility index (Phi) is 6.11. The molecular formula is C22H22ClFN4O2. The Hall–Kier alpha value is -2.77. The Labute approximate surface area is 179 Å². The van der Waals surface area contributed by atoms with Gasteiger partial charge in [0.05, 0.1) is 22.7 Å².